The Morgan fingerprint density at radius 2 is 2.10 bits per heavy atom. The molecule has 1 aromatic carbocycles. The minimum atomic E-state index is -0.525. The van der Waals surface area contributed by atoms with Gasteiger partial charge in [-0.15, -0.1) is 0 Å². The average molecular weight is 276 g/mol. The van der Waals surface area contributed by atoms with Crippen molar-refractivity contribution in [3.8, 4) is 5.75 Å². The number of aliphatic hydroxyl groups is 1. The first kappa shape index (κ1) is 14.7. The van der Waals surface area contributed by atoms with Gasteiger partial charge in [0.2, 0.25) is 0 Å². The van der Waals surface area contributed by atoms with E-state index in [4.69, 9.17) is 15.2 Å². The molecule has 0 saturated heterocycles. The second-order valence-electron chi connectivity index (χ2n) is 4.74. The van der Waals surface area contributed by atoms with Crippen molar-refractivity contribution in [3.63, 3.8) is 0 Å². The van der Waals surface area contributed by atoms with Crippen LogP contribution in [0.1, 0.15) is 5.69 Å². The first-order chi connectivity index (χ1) is 9.65. The molecule has 1 aromatic heterocycles. The molecule has 0 fully saturated rings. The molecule has 5 nitrogen and oxygen atoms in total. The zero-order chi connectivity index (χ0) is 14.5. The van der Waals surface area contributed by atoms with E-state index in [9.17, 15) is 5.11 Å². The fourth-order valence-electron chi connectivity index (χ4n) is 2.04. The van der Waals surface area contributed by atoms with Gasteiger partial charge in [0.1, 0.15) is 17.4 Å². The van der Waals surface area contributed by atoms with Crippen LogP contribution in [-0.4, -0.2) is 42.6 Å². The van der Waals surface area contributed by atoms with Crippen molar-refractivity contribution in [2.24, 2.45) is 5.73 Å². The van der Waals surface area contributed by atoms with Gasteiger partial charge in [0.15, 0.2) is 0 Å². The van der Waals surface area contributed by atoms with Crippen LogP contribution in [0.4, 0.5) is 0 Å². The third-order valence-electron chi connectivity index (χ3n) is 3.12. The standard InChI is InChI=1S/C15H20N2O3/c1-10-6-7-11-4-3-5-13(15(11)17-10)20-14(8-18)12(16)9-19-2/h3-7,12,14,18H,8-9,16H2,1-2H3. The Morgan fingerprint density at radius 1 is 1.30 bits per heavy atom. The minimum Gasteiger partial charge on any atom is -0.484 e. The molecular weight excluding hydrogens is 256 g/mol. The van der Waals surface area contributed by atoms with Crippen LogP contribution < -0.4 is 10.5 Å². The van der Waals surface area contributed by atoms with Crippen molar-refractivity contribution in [3.05, 3.63) is 36.0 Å². The van der Waals surface area contributed by atoms with Gasteiger partial charge in [-0.05, 0) is 19.1 Å². The Morgan fingerprint density at radius 3 is 2.80 bits per heavy atom. The van der Waals surface area contributed by atoms with Gasteiger partial charge in [0.05, 0.1) is 19.3 Å². The van der Waals surface area contributed by atoms with E-state index in [1.165, 1.54) is 0 Å². The van der Waals surface area contributed by atoms with E-state index in [2.05, 4.69) is 4.98 Å². The largest absolute Gasteiger partial charge is 0.484 e. The van der Waals surface area contributed by atoms with Crippen LogP contribution in [-0.2, 0) is 4.74 Å². The van der Waals surface area contributed by atoms with Crippen LogP contribution in [0.15, 0.2) is 30.3 Å². The van der Waals surface area contributed by atoms with E-state index >= 15 is 0 Å². The van der Waals surface area contributed by atoms with Crippen LogP contribution in [0, 0.1) is 6.92 Å². The smallest absolute Gasteiger partial charge is 0.146 e. The highest BCUT2D eigenvalue weighted by molar-refractivity contribution is 5.84. The van der Waals surface area contributed by atoms with Gasteiger partial charge in [0, 0.05) is 18.2 Å². The zero-order valence-electron chi connectivity index (χ0n) is 11.7. The third-order valence-corrected chi connectivity index (χ3v) is 3.12. The van der Waals surface area contributed by atoms with Crippen LogP contribution in [0.5, 0.6) is 5.75 Å². The lowest BCUT2D eigenvalue weighted by molar-refractivity contribution is 0.0613. The number of methoxy groups -OCH3 is 1. The number of pyridine rings is 1. The Hall–Kier alpha value is -1.69. The Labute approximate surface area is 118 Å². The highest BCUT2D eigenvalue weighted by Crippen LogP contribution is 2.25. The van der Waals surface area contributed by atoms with E-state index in [-0.39, 0.29) is 6.61 Å². The number of fused-ring (bicyclic) bond motifs is 1. The summed E-state index contributed by atoms with van der Waals surface area (Å²) in [6.45, 7) is 2.07. The Kier molecular flexibility index (Phi) is 4.89. The van der Waals surface area contributed by atoms with Crippen molar-refractivity contribution in [1.82, 2.24) is 4.98 Å². The minimum absolute atomic E-state index is 0.174. The average Bonchev–Trinajstić information content (AvgIpc) is 2.45. The summed E-state index contributed by atoms with van der Waals surface area (Å²) < 4.78 is 10.8. The summed E-state index contributed by atoms with van der Waals surface area (Å²) in [4.78, 5) is 4.49. The Bertz CT molecular complexity index is 574. The zero-order valence-corrected chi connectivity index (χ0v) is 11.7. The van der Waals surface area contributed by atoms with Gasteiger partial charge in [-0.1, -0.05) is 18.2 Å². The maximum atomic E-state index is 9.43. The fourth-order valence-corrected chi connectivity index (χ4v) is 2.04. The molecule has 0 aliphatic heterocycles. The maximum absolute atomic E-state index is 9.43. The summed E-state index contributed by atoms with van der Waals surface area (Å²) in [5, 5.41) is 10.4. The molecule has 1 heterocycles. The number of aryl methyl sites for hydroxylation is 1. The molecule has 0 bridgehead atoms. The Balaban J connectivity index is 2.30. The van der Waals surface area contributed by atoms with Gasteiger partial charge in [-0.25, -0.2) is 4.98 Å². The van der Waals surface area contributed by atoms with Gasteiger partial charge < -0.3 is 20.3 Å². The molecule has 0 aliphatic rings. The van der Waals surface area contributed by atoms with E-state index in [1.54, 1.807) is 7.11 Å². The van der Waals surface area contributed by atoms with Crippen LogP contribution >= 0.6 is 0 Å². The van der Waals surface area contributed by atoms with Crippen LogP contribution in [0.2, 0.25) is 0 Å². The number of hydrogen-bond donors (Lipinski definition) is 2. The number of para-hydroxylation sites is 1. The molecule has 2 unspecified atom stereocenters. The molecule has 0 amide bonds. The van der Waals surface area contributed by atoms with Crippen LogP contribution in [0.3, 0.4) is 0 Å². The van der Waals surface area contributed by atoms with Crippen molar-refractivity contribution >= 4 is 10.9 Å². The van der Waals surface area contributed by atoms with Crippen molar-refractivity contribution < 1.29 is 14.6 Å². The first-order valence-electron chi connectivity index (χ1n) is 6.54. The van der Waals surface area contributed by atoms with Crippen LogP contribution in [0.25, 0.3) is 10.9 Å². The summed E-state index contributed by atoms with van der Waals surface area (Å²) in [5.41, 5.74) is 7.62. The summed E-state index contributed by atoms with van der Waals surface area (Å²) in [5.74, 6) is 0.622. The summed E-state index contributed by atoms with van der Waals surface area (Å²) >= 11 is 0. The number of nitrogens with zero attached hydrogens (tertiary/aromatic N) is 1. The molecular formula is C15H20N2O3. The number of ether oxygens (including phenoxy) is 2. The van der Waals surface area contributed by atoms with Crippen molar-refractivity contribution in [2.45, 2.75) is 19.1 Å². The number of aromatic nitrogens is 1. The lowest BCUT2D eigenvalue weighted by Gasteiger charge is -2.23. The van der Waals surface area contributed by atoms with Gasteiger partial charge >= 0.3 is 0 Å². The summed E-state index contributed by atoms with van der Waals surface area (Å²) in [7, 11) is 1.57. The molecule has 20 heavy (non-hydrogen) atoms. The van der Waals surface area contributed by atoms with E-state index in [0.29, 0.717) is 12.4 Å². The molecule has 0 radical (unpaired) electrons. The molecule has 2 aromatic rings. The SMILES string of the molecule is COCC(N)C(CO)Oc1cccc2ccc(C)nc12. The molecule has 2 atom stereocenters. The summed E-state index contributed by atoms with van der Waals surface area (Å²) in [6.07, 6.45) is -0.525. The normalized spacial score (nSPS) is 14.2. The lowest BCUT2D eigenvalue weighted by Crippen LogP contribution is -2.44. The fraction of sp³-hybridized carbons (Fsp3) is 0.400. The molecule has 5 heteroatoms. The molecule has 2 rings (SSSR count). The molecule has 108 valence electrons. The first-order valence-corrected chi connectivity index (χ1v) is 6.54. The monoisotopic (exact) mass is 276 g/mol. The predicted octanol–water partition coefficient (Wildman–Crippen LogP) is 1.26. The lowest BCUT2D eigenvalue weighted by atomic mass is 10.1. The predicted molar refractivity (Wildman–Crippen MR) is 77.8 cm³/mol. The molecule has 0 saturated carbocycles. The second-order valence-corrected chi connectivity index (χ2v) is 4.74. The molecule has 0 aliphatic carbocycles. The van der Waals surface area contributed by atoms with Gasteiger partial charge in [0.25, 0.3) is 0 Å². The van der Waals surface area contributed by atoms with Crippen molar-refractivity contribution in [2.75, 3.05) is 20.3 Å². The third kappa shape index (κ3) is 3.25. The van der Waals surface area contributed by atoms with E-state index in [1.807, 2.05) is 37.3 Å². The topological polar surface area (TPSA) is 77.6 Å². The second kappa shape index (κ2) is 6.65. The number of benzene rings is 1. The van der Waals surface area contributed by atoms with E-state index in [0.717, 1.165) is 16.6 Å². The van der Waals surface area contributed by atoms with E-state index < -0.39 is 12.1 Å². The maximum Gasteiger partial charge on any atom is 0.146 e. The number of hydrogen-bond acceptors (Lipinski definition) is 5. The summed E-state index contributed by atoms with van der Waals surface area (Å²) in [6, 6.07) is 9.24. The molecule has 3 N–H and O–H groups in total. The van der Waals surface area contributed by atoms with Crippen molar-refractivity contribution in [1.29, 1.82) is 0 Å². The number of aliphatic hydroxyl groups excluding tert-OH is 1. The quantitative estimate of drug-likeness (QED) is 0.830. The van der Waals surface area contributed by atoms with Gasteiger partial charge in [-0.3, -0.25) is 0 Å². The number of rotatable bonds is 6. The molecule has 0 spiro atoms. The highest BCUT2D eigenvalue weighted by atomic mass is 16.5. The number of nitrogens with two attached hydrogens (primary N) is 1. The van der Waals surface area contributed by atoms with Gasteiger partial charge in [-0.2, -0.15) is 0 Å². The highest BCUT2D eigenvalue weighted by Gasteiger charge is 2.20.